The van der Waals surface area contributed by atoms with Gasteiger partial charge >= 0.3 is 0 Å². The van der Waals surface area contributed by atoms with Crippen LogP contribution in [-0.2, 0) is 4.79 Å². The molecular weight excluding hydrogens is 306 g/mol. The standard InChI is InChI=1S/C14H18BrN3O/c15-10-4-5-12-13(7-10)18(9-14(19)17-12)8-11-3-1-2-6-16-11/h4-5,7,11,16H,1-3,6,8-9H2,(H,17,19). The molecule has 0 spiro atoms. The third-order valence-corrected chi connectivity index (χ3v) is 4.26. The van der Waals surface area contributed by atoms with Crippen LogP contribution in [-0.4, -0.2) is 31.6 Å². The maximum atomic E-state index is 11.8. The van der Waals surface area contributed by atoms with Gasteiger partial charge in [0.2, 0.25) is 5.91 Å². The molecule has 1 atom stereocenters. The van der Waals surface area contributed by atoms with E-state index in [9.17, 15) is 4.79 Å². The van der Waals surface area contributed by atoms with Crippen LogP contribution in [0.25, 0.3) is 0 Å². The van der Waals surface area contributed by atoms with Crippen LogP contribution in [0.1, 0.15) is 19.3 Å². The van der Waals surface area contributed by atoms with E-state index in [2.05, 4.69) is 37.5 Å². The van der Waals surface area contributed by atoms with E-state index in [1.807, 2.05) is 12.1 Å². The van der Waals surface area contributed by atoms with Crippen molar-refractivity contribution in [2.45, 2.75) is 25.3 Å². The molecule has 4 nitrogen and oxygen atoms in total. The molecule has 1 fully saturated rings. The monoisotopic (exact) mass is 323 g/mol. The van der Waals surface area contributed by atoms with Crippen LogP contribution in [0.4, 0.5) is 11.4 Å². The normalized spacial score (nSPS) is 22.9. The van der Waals surface area contributed by atoms with E-state index in [4.69, 9.17) is 0 Å². The summed E-state index contributed by atoms with van der Waals surface area (Å²) < 4.78 is 1.05. The maximum absolute atomic E-state index is 11.8. The van der Waals surface area contributed by atoms with Gasteiger partial charge in [0.25, 0.3) is 0 Å². The number of carbonyl (C=O) groups excluding carboxylic acids is 1. The van der Waals surface area contributed by atoms with Gasteiger partial charge < -0.3 is 15.5 Å². The molecule has 3 rings (SSSR count). The Hall–Kier alpha value is -1.07. The Bertz CT molecular complexity index is 486. The Morgan fingerprint density at radius 2 is 2.26 bits per heavy atom. The van der Waals surface area contributed by atoms with Gasteiger partial charge in [-0.15, -0.1) is 0 Å². The molecule has 1 amide bonds. The predicted molar refractivity (Wildman–Crippen MR) is 80.6 cm³/mol. The number of hydrogen-bond acceptors (Lipinski definition) is 3. The van der Waals surface area contributed by atoms with E-state index in [1.165, 1.54) is 19.3 Å². The van der Waals surface area contributed by atoms with Crippen LogP contribution in [0.5, 0.6) is 0 Å². The van der Waals surface area contributed by atoms with Crippen LogP contribution in [0.2, 0.25) is 0 Å². The summed E-state index contributed by atoms with van der Waals surface area (Å²) in [5.74, 6) is 0.0747. The van der Waals surface area contributed by atoms with Crippen LogP contribution >= 0.6 is 15.9 Å². The SMILES string of the molecule is O=C1CN(CC2CCCCN2)c2cc(Br)ccc2N1. The second-order valence-corrected chi connectivity index (χ2v) is 6.15. The molecule has 1 aromatic carbocycles. The average molecular weight is 324 g/mol. The van der Waals surface area contributed by atoms with Gasteiger partial charge in [0, 0.05) is 17.1 Å². The number of nitrogens with zero attached hydrogens (tertiary/aromatic N) is 1. The Morgan fingerprint density at radius 3 is 3.05 bits per heavy atom. The van der Waals surface area contributed by atoms with E-state index in [0.717, 1.165) is 28.9 Å². The smallest absolute Gasteiger partial charge is 0.243 e. The van der Waals surface area contributed by atoms with Crippen LogP contribution in [0, 0.1) is 0 Å². The second kappa shape index (κ2) is 5.51. The molecule has 0 aromatic heterocycles. The van der Waals surface area contributed by atoms with Crippen LogP contribution in [0.15, 0.2) is 22.7 Å². The third kappa shape index (κ3) is 2.92. The van der Waals surface area contributed by atoms with Crippen molar-refractivity contribution in [3.63, 3.8) is 0 Å². The lowest BCUT2D eigenvalue weighted by Gasteiger charge is -2.35. The van der Waals surface area contributed by atoms with Crippen molar-refractivity contribution in [2.24, 2.45) is 0 Å². The molecule has 1 aromatic rings. The third-order valence-electron chi connectivity index (χ3n) is 3.76. The summed E-state index contributed by atoms with van der Waals surface area (Å²) in [6.45, 7) is 2.44. The Morgan fingerprint density at radius 1 is 1.37 bits per heavy atom. The molecule has 19 heavy (non-hydrogen) atoms. The molecular formula is C14H18BrN3O. The number of piperidine rings is 1. The first-order valence-corrected chi connectivity index (χ1v) is 7.59. The number of amides is 1. The molecule has 5 heteroatoms. The summed E-state index contributed by atoms with van der Waals surface area (Å²) in [7, 11) is 0. The average Bonchev–Trinajstić information content (AvgIpc) is 2.41. The van der Waals surface area contributed by atoms with Crippen molar-refractivity contribution in [1.29, 1.82) is 0 Å². The zero-order valence-corrected chi connectivity index (χ0v) is 12.4. The molecule has 102 valence electrons. The van der Waals surface area contributed by atoms with Gasteiger partial charge in [-0.2, -0.15) is 0 Å². The number of hydrogen-bond donors (Lipinski definition) is 2. The summed E-state index contributed by atoms with van der Waals surface area (Å²) in [6, 6.07) is 6.49. The number of nitrogens with one attached hydrogen (secondary N) is 2. The molecule has 2 heterocycles. The van der Waals surface area contributed by atoms with Crippen molar-refractivity contribution in [3.8, 4) is 0 Å². The Kier molecular flexibility index (Phi) is 3.75. The Labute approximate surface area is 121 Å². The van der Waals surface area contributed by atoms with Crippen LogP contribution in [0.3, 0.4) is 0 Å². The van der Waals surface area contributed by atoms with Crippen molar-refractivity contribution in [3.05, 3.63) is 22.7 Å². The fourth-order valence-corrected chi connectivity index (χ4v) is 3.18. The summed E-state index contributed by atoms with van der Waals surface area (Å²) in [5.41, 5.74) is 2.02. The molecule has 0 saturated carbocycles. The highest BCUT2D eigenvalue weighted by atomic mass is 79.9. The molecule has 0 bridgehead atoms. The first-order chi connectivity index (χ1) is 9.22. The number of benzene rings is 1. The zero-order valence-electron chi connectivity index (χ0n) is 10.8. The van der Waals surface area contributed by atoms with Crippen molar-refractivity contribution in [1.82, 2.24) is 5.32 Å². The van der Waals surface area contributed by atoms with Crippen molar-refractivity contribution < 1.29 is 4.79 Å². The first-order valence-electron chi connectivity index (χ1n) is 6.80. The highest BCUT2D eigenvalue weighted by molar-refractivity contribution is 9.10. The zero-order chi connectivity index (χ0) is 13.2. The van der Waals surface area contributed by atoms with Crippen molar-refractivity contribution in [2.75, 3.05) is 29.9 Å². The van der Waals surface area contributed by atoms with E-state index >= 15 is 0 Å². The molecule has 2 aliphatic rings. The highest BCUT2D eigenvalue weighted by Crippen LogP contribution is 2.32. The number of fused-ring (bicyclic) bond motifs is 1. The summed E-state index contributed by atoms with van der Waals surface area (Å²) in [4.78, 5) is 14.0. The largest absolute Gasteiger partial charge is 0.359 e. The van der Waals surface area contributed by atoms with Gasteiger partial charge in [-0.25, -0.2) is 0 Å². The fourth-order valence-electron chi connectivity index (χ4n) is 2.83. The minimum absolute atomic E-state index is 0.0747. The van der Waals surface area contributed by atoms with E-state index in [-0.39, 0.29) is 5.91 Å². The minimum atomic E-state index is 0.0747. The first kappa shape index (κ1) is 12.9. The fraction of sp³-hybridized carbons (Fsp3) is 0.500. The minimum Gasteiger partial charge on any atom is -0.359 e. The second-order valence-electron chi connectivity index (χ2n) is 5.24. The van der Waals surface area contributed by atoms with Gasteiger partial charge in [0.15, 0.2) is 0 Å². The highest BCUT2D eigenvalue weighted by Gasteiger charge is 2.25. The summed E-state index contributed by atoms with van der Waals surface area (Å²) in [6.07, 6.45) is 3.74. The molecule has 2 N–H and O–H groups in total. The molecule has 0 aliphatic carbocycles. The van der Waals surface area contributed by atoms with E-state index in [0.29, 0.717) is 12.6 Å². The lowest BCUT2D eigenvalue weighted by atomic mass is 10.0. The molecule has 1 saturated heterocycles. The van der Waals surface area contributed by atoms with Gasteiger partial charge in [-0.1, -0.05) is 22.4 Å². The lowest BCUT2D eigenvalue weighted by molar-refractivity contribution is -0.115. The maximum Gasteiger partial charge on any atom is 0.243 e. The summed E-state index contributed by atoms with van der Waals surface area (Å²) in [5, 5.41) is 6.47. The van der Waals surface area contributed by atoms with Gasteiger partial charge in [-0.3, -0.25) is 4.79 Å². The quantitative estimate of drug-likeness (QED) is 0.878. The number of carbonyl (C=O) groups is 1. The van der Waals surface area contributed by atoms with E-state index < -0.39 is 0 Å². The molecule has 0 radical (unpaired) electrons. The van der Waals surface area contributed by atoms with Gasteiger partial charge in [-0.05, 0) is 37.6 Å². The van der Waals surface area contributed by atoms with Crippen molar-refractivity contribution >= 4 is 33.2 Å². The van der Waals surface area contributed by atoms with Crippen LogP contribution < -0.4 is 15.5 Å². The molecule has 1 unspecified atom stereocenters. The number of anilines is 2. The Balaban J connectivity index is 1.81. The molecule has 2 aliphatic heterocycles. The lowest BCUT2D eigenvalue weighted by Crippen LogP contribution is -2.47. The predicted octanol–water partition coefficient (Wildman–Crippen LogP) is 2.35. The number of halogens is 1. The van der Waals surface area contributed by atoms with Gasteiger partial charge in [0.05, 0.1) is 17.9 Å². The topological polar surface area (TPSA) is 44.4 Å². The summed E-state index contributed by atoms with van der Waals surface area (Å²) >= 11 is 3.50. The van der Waals surface area contributed by atoms with E-state index in [1.54, 1.807) is 0 Å². The number of rotatable bonds is 2. The van der Waals surface area contributed by atoms with Gasteiger partial charge in [0.1, 0.15) is 0 Å².